The van der Waals surface area contributed by atoms with Gasteiger partial charge in [0.2, 0.25) is 0 Å². The van der Waals surface area contributed by atoms with Crippen LogP contribution < -0.4 is 4.74 Å². The predicted molar refractivity (Wildman–Crippen MR) is 96.9 cm³/mol. The molecule has 4 rings (SSSR count). The summed E-state index contributed by atoms with van der Waals surface area (Å²) < 4.78 is 22.1. The third-order valence-electron chi connectivity index (χ3n) is 4.89. The summed E-state index contributed by atoms with van der Waals surface area (Å²) in [7, 11) is 1.40. The minimum absolute atomic E-state index is 0.0669. The van der Waals surface area contributed by atoms with Gasteiger partial charge >= 0.3 is 5.97 Å². The Hall–Kier alpha value is -2.99. The van der Waals surface area contributed by atoms with Gasteiger partial charge in [0, 0.05) is 24.7 Å². The van der Waals surface area contributed by atoms with E-state index in [0.29, 0.717) is 13.0 Å². The summed E-state index contributed by atoms with van der Waals surface area (Å²) in [5.74, 6) is 1.70. The molecule has 1 aromatic carbocycles. The standard InChI is InChI=1S/C21H20O6/c1-24-18(21(22)23)12-13-2-4-14(5-3-13)25-9-8-17-19-15(6-10-26-19)16-7-11-27-20(16)17/h2-7,10-11,17-18H,8-9,12H2,1H3,(H,22,23). The van der Waals surface area contributed by atoms with E-state index >= 15 is 0 Å². The summed E-state index contributed by atoms with van der Waals surface area (Å²) in [6.07, 6.45) is 3.63. The number of fused-ring (bicyclic) bond motifs is 3. The lowest BCUT2D eigenvalue weighted by Gasteiger charge is -2.12. The molecule has 0 amide bonds. The molecule has 0 radical (unpaired) electrons. The van der Waals surface area contributed by atoms with Crippen molar-refractivity contribution in [2.24, 2.45) is 0 Å². The van der Waals surface area contributed by atoms with E-state index < -0.39 is 12.1 Å². The fourth-order valence-electron chi connectivity index (χ4n) is 3.51. The number of hydrogen-bond donors (Lipinski definition) is 1. The van der Waals surface area contributed by atoms with Gasteiger partial charge in [-0.05, 0) is 36.2 Å². The third kappa shape index (κ3) is 3.36. The third-order valence-corrected chi connectivity index (χ3v) is 4.89. The molecule has 2 heterocycles. The number of ether oxygens (including phenoxy) is 2. The van der Waals surface area contributed by atoms with Gasteiger partial charge in [-0.3, -0.25) is 0 Å². The van der Waals surface area contributed by atoms with Crippen molar-refractivity contribution in [1.82, 2.24) is 0 Å². The number of rotatable bonds is 8. The second kappa shape index (κ2) is 7.32. The highest BCUT2D eigenvalue weighted by Gasteiger charge is 2.34. The number of benzene rings is 1. The molecule has 1 aliphatic rings. The van der Waals surface area contributed by atoms with Crippen LogP contribution >= 0.6 is 0 Å². The molecular formula is C21H20O6. The zero-order chi connectivity index (χ0) is 18.8. The van der Waals surface area contributed by atoms with Crippen molar-refractivity contribution in [3.8, 4) is 16.9 Å². The first-order chi connectivity index (χ1) is 13.2. The van der Waals surface area contributed by atoms with Gasteiger partial charge in [-0.15, -0.1) is 0 Å². The van der Waals surface area contributed by atoms with E-state index in [4.69, 9.17) is 23.4 Å². The maximum absolute atomic E-state index is 11.0. The molecule has 0 bridgehead atoms. The van der Waals surface area contributed by atoms with Gasteiger partial charge in [0.05, 0.1) is 25.1 Å². The van der Waals surface area contributed by atoms with Crippen LogP contribution in [0.3, 0.4) is 0 Å². The van der Waals surface area contributed by atoms with Gasteiger partial charge in [-0.1, -0.05) is 12.1 Å². The Bertz CT molecular complexity index is 880. The molecule has 0 saturated carbocycles. The van der Waals surface area contributed by atoms with Crippen LogP contribution in [0, 0.1) is 0 Å². The van der Waals surface area contributed by atoms with E-state index in [9.17, 15) is 4.79 Å². The fraction of sp³-hybridized carbons (Fsp3) is 0.286. The van der Waals surface area contributed by atoms with Gasteiger partial charge in [0.1, 0.15) is 17.3 Å². The van der Waals surface area contributed by atoms with Crippen LogP contribution in [0.25, 0.3) is 11.1 Å². The van der Waals surface area contributed by atoms with Gasteiger partial charge in [-0.2, -0.15) is 0 Å². The molecule has 0 fully saturated rings. The molecule has 6 nitrogen and oxygen atoms in total. The summed E-state index contributed by atoms with van der Waals surface area (Å²) in [4.78, 5) is 11.0. The summed E-state index contributed by atoms with van der Waals surface area (Å²) >= 11 is 0. The Morgan fingerprint density at radius 2 is 1.70 bits per heavy atom. The predicted octanol–water partition coefficient (Wildman–Crippen LogP) is 4.10. The first-order valence-electron chi connectivity index (χ1n) is 8.80. The quantitative estimate of drug-likeness (QED) is 0.645. The summed E-state index contributed by atoms with van der Waals surface area (Å²) in [5.41, 5.74) is 3.08. The highest BCUT2D eigenvalue weighted by molar-refractivity contribution is 5.74. The Balaban J connectivity index is 1.35. The number of carboxylic acids is 1. The lowest BCUT2D eigenvalue weighted by molar-refractivity contribution is -0.148. The maximum Gasteiger partial charge on any atom is 0.333 e. The SMILES string of the molecule is COC(Cc1ccc(OCCC2c3occc3-c3ccoc32)cc1)C(=O)O. The van der Waals surface area contributed by atoms with E-state index in [0.717, 1.165) is 40.4 Å². The monoisotopic (exact) mass is 368 g/mol. The Kier molecular flexibility index (Phi) is 4.73. The van der Waals surface area contributed by atoms with E-state index in [1.807, 2.05) is 36.4 Å². The molecular weight excluding hydrogens is 348 g/mol. The van der Waals surface area contributed by atoms with Crippen LogP contribution in [-0.4, -0.2) is 30.9 Å². The highest BCUT2D eigenvalue weighted by Crippen LogP contribution is 2.47. The molecule has 1 N–H and O–H groups in total. The van der Waals surface area contributed by atoms with Gasteiger partial charge < -0.3 is 23.4 Å². The minimum atomic E-state index is -0.969. The minimum Gasteiger partial charge on any atom is -0.494 e. The van der Waals surface area contributed by atoms with Crippen molar-refractivity contribution in [3.05, 3.63) is 66.0 Å². The van der Waals surface area contributed by atoms with Crippen LogP contribution in [0.1, 0.15) is 29.4 Å². The average Bonchev–Trinajstić information content (AvgIpc) is 3.36. The van der Waals surface area contributed by atoms with Crippen molar-refractivity contribution < 1.29 is 28.2 Å². The Labute approximate surface area is 156 Å². The number of hydrogen-bond acceptors (Lipinski definition) is 5. The van der Waals surface area contributed by atoms with Crippen LogP contribution in [0.4, 0.5) is 0 Å². The smallest absolute Gasteiger partial charge is 0.333 e. The Morgan fingerprint density at radius 1 is 1.07 bits per heavy atom. The first kappa shape index (κ1) is 17.4. The topological polar surface area (TPSA) is 82.0 Å². The number of aliphatic carboxylic acids is 1. The fourth-order valence-corrected chi connectivity index (χ4v) is 3.51. The lowest BCUT2D eigenvalue weighted by atomic mass is 10.0. The van der Waals surface area contributed by atoms with Gasteiger partial charge in [0.25, 0.3) is 0 Å². The second-order valence-electron chi connectivity index (χ2n) is 6.50. The van der Waals surface area contributed by atoms with Crippen LogP contribution in [0.5, 0.6) is 5.75 Å². The van der Waals surface area contributed by atoms with Gasteiger partial charge in [-0.25, -0.2) is 4.79 Å². The molecule has 0 saturated heterocycles. The van der Waals surface area contributed by atoms with E-state index in [-0.39, 0.29) is 5.92 Å². The summed E-state index contributed by atoms with van der Waals surface area (Å²) in [6.45, 7) is 0.514. The number of furan rings is 2. The number of carboxylic acid groups (broad SMARTS) is 1. The van der Waals surface area contributed by atoms with Crippen molar-refractivity contribution in [1.29, 1.82) is 0 Å². The number of carbonyl (C=O) groups is 1. The summed E-state index contributed by atoms with van der Waals surface area (Å²) in [5, 5.41) is 9.05. The molecule has 0 aliphatic heterocycles. The van der Waals surface area contributed by atoms with Crippen molar-refractivity contribution in [3.63, 3.8) is 0 Å². The van der Waals surface area contributed by atoms with E-state index in [1.54, 1.807) is 12.5 Å². The van der Waals surface area contributed by atoms with Crippen molar-refractivity contribution in [2.75, 3.05) is 13.7 Å². The molecule has 6 heteroatoms. The maximum atomic E-state index is 11.0. The van der Waals surface area contributed by atoms with Crippen LogP contribution in [-0.2, 0) is 16.0 Å². The Morgan fingerprint density at radius 3 is 2.26 bits per heavy atom. The molecule has 2 aromatic heterocycles. The lowest BCUT2D eigenvalue weighted by Crippen LogP contribution is -2.24. The second-order valence-corrected chi connectivity index (χ2v) is 6.50. The van der Waals surface area contributed by atoms with Gasteiger partial charge in [0.15, 0.2) is 6.10 Å². The van der Waals surface area contributed by atoms with Crippen LogP contribution in [0.2, 0.25) is 0 Å². The van der Waals surface area contributed by atoms with Crippen molar-refractivity contribution in [2.45, 2.75) is 24.9 Å². The largest absolute Gasteiger partial charge is 0.494 e. The molecule has 3 aromatic rings. The molecule has 1 unspecified atom stereocenters. The normalized spacial score (nSPS) is 14.0. The zero-order valence-corrected chi connectivity index (χ0v) is 14.9. The average molecular weight is 368 g/mol. The molecule has 27 heavy (non-hydrogen) atoms. The number of methoxy groups -OCH3 is 1. The van der Waals surface area contributed by atoms with Crippen molar-refractivity contribution >= 4 is 5.97 Å². The van der Waals surface area contributed by atoms with E-state index in [1.165, 1.54) is 7.11 Å². The van der Waals surface area contributed by atoms with Crippen LogP contribution in [0.15, 0.2) is 57.8 Å². The zero-order valence-electron chi connectivity index (χ0n) is 14.9. The molecule has 0 spiro atoms. The summed E-state index contributed by atoms with van der Waals surface area (Å²) in [6, 6.07) is 11.3. The highest BCUT2D eigenvalue weighted by atomic mass is 16.5. The molecule has 140 valence electrons. The first-order valence-corrected chi connectivity index (χ1v) is 8.80. The molecule has 1 aliphatic carbocycles. The molecule has 1 atom stereocenters. The van der Waals surface area contributed by atoms with E-state index in [2.05, 4.69) is 0 Å².